The van der Waals surface area contributed by atoms with E-state index in [4.69, 9.17) is 18.9 Å². The molecule has 0 atom stereocenters. The minimum Gasteiger partial charge on any atom is -0.493 e. The van der Waals surface area contributed by atoms with E-state index in [2.05, 4.69) is 72.8 Å². The highest BCUT2D eigenvalue weighted by atomic mass is 16.6. The zero-order chi connectivity index (χ0) is 35.9. The van der Waals surface area contributed by atoms with Crippen LogP contribution in [0, 0.1) is 0 Å². The molecule has 6 heteroatoms. The summed E-state index contributed by atoms with van der Waals surface area (Å²) in [6, 6.07) is 48.8. The number of aliphatic hydroxyl groups excluding tert-OH is 2. The topological polar surface area (TPSA) is 77.4 Å². The van der Waals surface area contributed by atoms with Gasteiger partial charge in [0.15, 0.2) is 13.6 Å². The number of fused-ring (bicyclic) bond motifs is 4. The molecule has 8 aromatic carbocycles. The van der Waals surface area contributed by atoms with Gasteiger partial charge in [-0.3, -0.25) is 0 Å². The Morgan fingerprint density at radius 1 is 0.327 bits per heavy atom. The van der Waals surface area contributed by atoms with Crippen LogP contribution >= 0.6 is 0 Å². The molecule has 2 N–H and O–H groups in total. The molecule has 0 fully saturated rings. The Morgan fingerprint density at radius 2 is 0.577 bits per heavy atom. The molecule has 0 saturated carbocycles. The Hall–Kier alpha value is -6.08. The van der Waals surface area contributed by atoms with Gasteiger partial charge >= 0.3 is 0 Å². The third kappa shape index (κ3) is 6.70. The van der Waals surface area contributed by atoms with Crippen LogP contribution in [0.15, 0.2) is 146 Å². The second kappa shape index (κ2) is 15.9. The van der Waals surface area contributed by atoms with Gasteiger partial charge in [-0.15, -0.1) is 0 Å². The fourth-order valence-electron chi connectivity index (χ4n) is 6.97. The van der Waals surface area contributed by atoms with Gasteiger partial charge in [0.25, 0.3) is 0 Å². The molecule has 0 radical (unpaired) electrons. The summed E-state index contributed by atoms with van der Waals surface area (Å²) in [5.41, 5.74) is 3.87. The predicted octanol–water partition coefficient (Wildman–Crippen LogP) is 10.8. The summed E-state index contributed by atoms with van der Waals surface area (Å²) in [4.78, 5) is 0. The second-order valence-corrected chi connectivity index (χ2v) is 12.1. The van der Waals surface area contributed by atoms with Crippen molar-refractivity contribution in [2.75, 3.05) is 26.8 Å². The third-order valence-corrected chi connectivity index (χ3v) is 9.10. The van der Waals surface area contributed by atoms with Crippen molar-refractivity contribution in [1.82, 2.24) is 0 Å². The number of rotatable bonds is 10. The first kappa shape index (κ1) is 34.4. The van der Waals surface area contributed by atoms with Gasteiger partial charge in [-0.2, -0.15) is 0 Å². The molecule has 0 spiro atoms. The van der Waals surface area contributed by atoms with Gasteiger partial charge in [0.2, 0.25) is 0 Å². The maximum Gasteiger partial charge on any atom is 0.186 e. The number of hydrogen-bond donors (Lipinski definition) is 2. The highest BCUT2D eigenvalue weighted by molar-refractivity contribution is 6.11. The first-order valence-electron chi connectivity index (χ1n) is 17.5. The fraction of sp³-hybridized carbons (Fsp3) is 0.130. The van der Waals surface area contributed by atoms with E-state index in [1.807, 2.05) is 86.6 Å². The van der Waals surface area contributed by atoms with Gasteiger partial charge in [-0.05, 0) is 81.2 Å². The Bertz CT molecular complexity index is 2140. The largest absolute Gasteiger partial charge is 0.493 e. The minimum absolute atomic E-state index is 0.424. The van der Waals surface area contributed by atoms with Crippen LogP contribution in [0.4, 0.5) is 0 Å². The molecule has 0 aromatic heterocycles. The number of hydrogen-bond acceptors (Lipinski definition) is 6. The first-order chi connectivity index (χ1) is 25.7. The number of benzene rings is 8. The van der Waals surface area contributed by atoms with E-state index in [1.165, 1.54) is 21.5 Å². The van der Waals surface area contributed by atoms with E-state index in [-0.39, 0.29) is 0 Å². The maximum atomic E-state index is 9.36. The van der Waals surface area contributed by atoms with E-state index in [1.54, 1.807) is 0 Å². The normalized spacial score (nSPS) is 11.0. The molecule has 0 heterocycles. The van der Waals surface area contributed by atoms with Crippen LogP contribution < -0.4 is 18.9 Å². The van der Waals surface area contributed by atoms with Crippen molar-refractivity contribution in [3.63, 3.8) is 0 Å². The molecule has 0 amide bonds. The SMILES string of the molecule is CCOc1ccc2ccccc2c1-c1c(OCC)ccc2ccccc12.OCOc1ccc2ccccc2c1-c1c(OCO)ccc2ccccc12. The molecule has 0 unspecified atom stereocenters. The highest BCUT2D eigenvalue weighted by Gasteiger charge is 2.20. The lowest BCUT2D eigenvalue weighted by atomic mass is 9.92. The minimum atomic E-state index is -0.424. The van der Waals surface area contributed by atoms with Crippen LogP contribution in [0.2, 0.25) is 0 Å². The second-order valence-electron chi connectivity index (χ2n) is 12.1. The quantitative estimate of drug-likeness (QED) is 0.139. The monoisotopic (exact) mass is 688 g/mol. The van der Waals surface area contributed by atoms with Gasteiger partial charge in [0.05, 0.1) is 13.2 Å². The molecule has 0 saturated heterocycles. The summed E-state index contributed by atoms with van der Waals surface area (Å²) in [6.45, 7) is 4.44. The summed E-state index contributed by atoms with van der Waals surface area (Å²) in [5, 5.41) is 27.5. The van der Waals surface area contributed by atoms with E-state index in [0.29, 0.717) is 24.7 Å². The molecule has 260 valence electrons. The van der Waals surface area contributed by atoms with Crippen LogP contribution in [-0.4, -0.2) is 37.0 Å². The first-order valence-corrected chi connectivity index (χ1v) is 17.5. The summed E-state index contributed by atoms with van der Waals surface area (Å²) in [7, 11) is 0. The molecule has 0 bridgehead atoms. The zero-order valence-electron chi connectivity index (χ0n) is 29.2. The van der Waals surface area contributed by atoms with E-state index in [9.17, 15) is 10.2 Å². The smallest absolute Gasteiger partial charge is 0.186 e. The number of ether oxygens (including phenoxy) is 4. The van der Waals surface area contributed by atoms with Crippen LogP contribution in [0.25, 0.3) is 65.3 Å². The summed E-state index contributed by atoms with van der Waals surface area (Å²) < 4.78 is 23.1. The summed E-state index contributed by atoms with van der Waals surface area (Å²) in [5.74, 6) is 2.91. The lowest BCUT2D eigenvalue weighted by Crippen LogP contribution is -2.01. The Labute approximate surface area is 303 Å². The van der Waals surface area contributed by atoms with Gasteiger partial charge in [0, 0.05) is 22.3 Å². The van der Waals surface area contributed by atoms with Crippen LogP contribution in [-0.2, 0) is 0 Å². The third-order valence-electron chi connectivity index (χ3n) is 9.10. The Balaban J connectivity index is 0.000000162. The standard InChI is InChI=1S/C24H22O2.C22H18O4/c1-3-25-21-15-13-17-9-5-7-11-19(17)23(21)24-20-12-8-6-10-18(20)14-16-22(24)26-4-2;23-13-25-19-11-9-15-5-1-3-7-17(15)21(19)22-18-8-4-2-6-16(18)10-12-20(22)26-14-24/h5-16H,3-4H2,1-2H3;1-12,23-24H,13-14H2. The van der Waals surface area contributed by atoms with Gasteiger partial charge < -0.3 is 29.2 Å². The van der Waals surface area contributed by atoms with Crippen molar-refractivity contribution < 1.29 is 29.2 Å². The van der Waals surface area contributed by atoms with Crippen LogP contribution in [0.5, 0.6) is 23.0 Å². The molecule has 0 aliphatic carbocycles. The average molecular weight is 689 g/mol. The Morgan fingerprint density at radius 3 is 0.827 bits per heavy atom. The lowest BCUT2D eigenvalue weighted by molar-refractivity contribution is 0.0971. The van der Waals surface area contributed by atoms with Crippen molar-refractivity contribution in [3.05, 3.63) is 146 Å². The average Bonchev–Trinajstić information content (AvgIpc) is 3.19. The highest BCUT2D eigenvalue weighted by Crippen LogP contribution is 2.47. The molecule has 8 aromatic rings. The van der Waals surface area contributed by atoms with E-state index in [0.717, 1.165) is 55.3 Å². The van der Waals surface area contributed by atoms with E-state index >= 15 is 0 Å². The maximum absolute atomic E-state index is 9.36. The van der Waals surface area contributed by atoms with Crippen molar-refractivity contribution in [1.29, 1.82) is 0 Å². The summed E-state index contributed by atoms with van der Waals surface area (Å²) >= 11 is 0. The Kier molecular flexibility index (Phi) is 10.5. The van der Waals surface area contributed by atoms with Crippen LogP contribution in [0.3, 0.4) is 0 Å². The van der Waals surface area contributed by atoms with Crippen molar-refractivity contribution >= 4 is 43.1 Å². The van der Waals surface area contributed by atoms with Gasteiger partial charge in [0.1, 0.15) is 23.0 Å². The lowest BCUT2D eigenvalue weighted by Gasteiger charge is -2.19. The number of aliphatic hydroxyl groups is 2. The molecule has 8 rings (SSSR count). The molecule has 52 heavy (non-hydrogen) atoms. The van der Waals surface area contributed by atoms with Crippen molar-refractivity contribution in [3.8, 4) is 45.3 Å². The zero-order valence-corrected chi connectivity index (χ0v) is 29.2. The molecular weight excluding hydrogens is 649 g/mol. The summed E-state index contributed by atoms with van der Waals surface area (Å²) in [6.07, 6.45) is 0. The molecule has 0 aliphatic rings. The molecular formula is C46H40O6. The molecule has 0 aliphatic heterocycles. The van der Waals surface area contributed by atoms with Gasteiger partial charge in [-0.25, -0.2) is 0 Å². The van der Waals surface area contributed by atoms with Crippen molar-refractivity contribution in [2.24, 2.45) is 0 Å². The van der Waals surface area contributed by atoms with Crippen molar-refractivity contribution in [2.45, 2.75) is 13.8 Å². The fourth-order valence-corrected chi connectivity index (χ4v) is 6.97. The van der Waals surface area contributed by atoms with Gasteiger partial charge in [-0.1, -0.05) is 121 Å². The molecule has 6 nitrogen and oxygen atoms in total. The predicted molar refractivity (Wildman–Crippen MR) is 212 cm³/mol. The van der Waals surface area contributed by atoms with Crippen LogP contribution in [0.1, 0.15) is 13.8 Å². The van der Waals surface area contributed by atoms with E-state index < -0.39 is 13.6 Å².